The summed E-state index contributed by atoms with van der Waals surface area (Å²) in [4.78, 5) is 0. The number of hydrogen-bond acceptors (Lipinski definition) is 4. The Morgan fingerprint density at radius 2 is 2.00 bits per heavy atom. The van der Waals surface area contributed by atoms with Gasteiger partial charge in [-0.2, -0.15) is 0 Å². The Hall–Kier alpha value is -0.940. The molecule has 0 aliphatic carbocycles. The highest BCUT2D eigenvalue weighted by Gasteiger charge is 2.14. The van der Waals surface area contributed by atoms with E-state index >= 15 is 0 Å². The number of rotatable bonds is 8. The third kappa shape index (κ3) is 6.14. The normalized spacial score (nSPS) is 19.3. The fraction of sp³-hybridized carbons (Fsp3) is 0.647. The highest BCUT2D eigenvalue weighted by Crippen LogP contribution is 2.16. The van der Waals surface area contributed by atoms with Crippen molar-refractivity contribution in [3.63, 3.8) is 0 Å². The molecule has 0 amide bonds. The molecule has 4 heteroatoms. The van der Waals surface area contributed by atoms with E-state index in [-0.39, 0.29) is 6.10 Å². The SMILES string of the molecule is CC(OCC(O)CNCC1CCOCC1)c1ccccc1. The quantitative estimate of drug-likeness (QED) is 0.771. The van der Waals surface area contributed by atoms with Crippen LogP contribution in [0.4, 0.5) is 0 Å². The summed E-state index contributed by atoms with van der Waals surface area (Å²) in [6, 6.07) is 10.1. The maximum atomic E-state index is 9.96. The molecular formula is C17H27NO3. The van der Waals surface area contributed by atoms with Gasteiger partial charge in [-0.1, -0.05) is 30.3 Å². The molecule has 0 saturated carbocycles. The minimum absolute atomic E-state index is 0.0105. The number of benzene rings is 1. The molecule has 21 heavy (non-hydrogen) atoms. The van der Waals surface area contributed by atoms with E-state index in [0.29, 0.717) is 19.1 Å². The molecule has 1 heterocycles. The summed E-state index contributed by atoms with van der Waals surface area (Å²) in [5.74, 6) is 0.676. The first-order chi connectivity index (χ1) is 10.3. The lowest BCUT2D eigenvalue weighted by molar-refractivity contribution is -0.00297. The second-order valence-corrected chi connectivity index (χ2v) is 5.75. The Morgan fingerprint density at radius 3 is 2.71 bits per heavy atom. The summed E-state index contributed by atoms with van der Waals surface area (Å²) in [6.45, 7) is 5.64. The predicted molar refractivity (Wildman–Crippen MR) is 83.2 cm³/mol. The van der Waals surface area contributed by atoms with Crippen molar-refractivity contribution in [2.45, 2.75) is 32.0 Å². The summed E-state index contributed by atoms with van der Waals surface area (Å²) in [5.41, 5.74) is 1.14. The van der Waals surface area contributed by atoms with E-state index in [1.165, 1.54) is 0 Å². The largest absolute Gasteiger partial charge is 0.389 e. The first-order valence-corrected chi connectivity index (χ1v) is 7.88. The Morgan fingerprint density at radius 1 is 1.29 bits per heavy atom. The number of hydrogen-bond donors (Lipinski definition) is 2. The molecule has 118 valence electrons. The molecule has 0 aromatic heterocycles. The smallest absolute Gasteiger partial charge is 0.0897 e. The van der Waals surface area contributed by atoms with Crippen molar-refractivity contribution in [2.24, 2.45) is 5.92 Å². The van der Waals surface area contributed by atoms with Gasteiger partial charge in [0, 0.05) is 19.8 Å². The molecule has 2 atom stereocenters. The molecule has 1 aromatic rings. The van der Waals surface area contributed by atoms with Gasteiger partial charge in [-0.15, -0.1) is 0 Å². The lowest BCUT2D eigenvalue weighted by Gasteiger charge is -2.23. The zero-order chi connectivity index (χ0) is 14.9. The van der Waals surface area contributed by atoms with Crippen molar-refractivity contribution in [1.29, 1.82) is 0 Å². The van der Waals surface area contributed by atoms with Crippen LogP contribution < -0.4 is 5.32 Å². The number of nitrogens with one attached hydrogen (secondary N) is 1. The van der Waals surface area contributed by atoms with E-state index in [9.17, 15) is 5.11 Å². The zero-order valence-electron chi connectivity index (χ0n) is 12.8. The third-order valence-electron chi connectivity index (χ3n) is 3.96. The van der Waals surface area contributed by atoms with Crippen LogP contribution in [-0.4, -0.2) is 44.1 Å². The van der Waals surface area contributed by atoms with Crippen molar-refractivity contribution in [3.05, 3.63) is 35.9 Å². The molecule has 1 fully saturated rings. The van der Waals surface area contributed by atoms with E-state index < -0.39 is 6.10 Å². The molecule has 0 spiro atoms. The van der Waals surface area contributed by atoms with Crippen LogP contribution >= 0.6 is 0 Å². The molecule has 0 bridgehead atoms. The molecule has 0 radical (unpaired) electrons. The van der Waals surface area contributed by atoms with Crippen LogP contribution in [0.15, 0.2) is 30.3 Å². The maximum absolute atomic E-state index is 9.96. The first-order valence-electron chi connectivity index (χ1n) is 7.88. The van der Waals surface area contributed by atoms with Gasteiger partial charge in [-0.3, -0.25) is 0 Å². The monoisotopic (exact) mass is 293 g/mol. The second-order valence-electron chi connectivity index (χ2n) is 5.75. The molecule has 2 N–H and O–H groups in total. The van der Waals surface area contributed by atoms with Gasteiger partial charge in [-0.05, 0) is 37.8 Å². The zero-order valence-corrected chi connectivity index (χ0v) is 12.8. The Kier molecular flexibility index (Phi) is 7.16. The summed E-state index contributed by atoms with van der Waals surface area (Å²) in [7, 11) is 0. The Balaban J connectivity index is 1.57. The van der Waals surface area contributed by atoms with Gasteiger partial charge in [0.15, 0.2) is 0 Å². The van der Waals surface area contributed by atoms with Crippen LogP contribution in [0.25, 0.3) is 0 Å². The van der Waals surface area contributed by atoms with Gasteiger partial charge >= 0.3 is 0 Å². The topological polar surface area (TPSA) is 50.7 Å². The van der Waals surface area contributed by atoms with E-state index in [2.05, 4.69) is 5.32 Å². The van der Waals surface area contributed by atoms with Crippen LogP contribution in [0.2, 0.25) is 0 Å². The minimum Gasteiger partial charge on any atom is -0.389 e. The fourth-order valence-electron chi connectivity index (χ4n) is 2.54. The lowest BCUT2D eigenvalue weighted by atomic mass is 10.0. The van der Waals surface area contributed by atoms with Gasteiger partial charge in [-0.25, -0.2) is 0 Å². The van der Waals surface area contributed by atoms with Crippen molar-refractivity contribution in [2.75, 3.05) is 32.9 Å². The van der Waals surface area contributed by atoms with Gasteiger partial charge in [0.1, 0.15) is 0 Å². The van der Waals surface area contributed by atoms with E-state index in [0.717, 1.165) is 38.2 Å². The highest BCUT2D eigenvalue weighted by atomic mass is 16.5. The van der Waals surface area contributed by atoms with Crippen molar-refractivity contribution < 1.29 is 14.6 Å². The highest BCUT2D eigenvalue weighted by molar-refractivity contribution is 5.16. The summed E-state index contributed by atoms with van der Waals surface area (Å²) in [5, 5.41) is 13.3. The van der Waals surface area contributed by atoms with E-state index in [1.807, 2.05) is 37.3 Å². The van der Waals surface area contributed by atoms with Gasteiger partial charge < -0.3 is 19.9 Å². The van der Waals surface area contributed by atoms with Gasteiger partial charge in [0.05, 0.1) is 18.8 Å². The lowest BCUT2D eigenvalue weighted by Crippen LogP contribution is -2.35. The Labute approximate surface area is 127 Å². The van der Waals surface area contributed by atoms with Crippen molar-refractivity contribution >= 4 is 0 Å². The average molecular weight is 293 g/mol. The van der Waals surface area contributed by atoms with Gasteiger partial charge in [0.2, 0.25) is 0 Å². The Bertz CT molecular complexity index is 379. The van der Waals surface area contributed by atoms with E-state index in [4.69, 9.17) is 9.47 Å². The number of aliphatic hydroxyl groups excluding tert-OH is 1. The first kappa shape index (κ1) is 16.4. The van der Waals surface area contributed by atoms with Crippen LogP contribution in [0.5, 0.6) is 0 Å². The molecule has 1 saturated heterocycles. The third-order valence-corrected chi connectivity index (χ3v) is 3.96. The molecule has 4 nitrogen and oxygen atoms in total. The summed E-state index contributed by atoms with van der Waals surface area (Å²) in [6.07, 6.45) is 1.78. The molecule has 2 rings (SSSR count). The van der Waals surface area contributed by atoms with E-state index in [1.54, 1.807) is 0 Å². The molecule has 1 aliphatic rings. The molecule has 1 aliphatic heterocycles. The van der Waals surface area contributed by atoms with Crippen LogP contribution in [-0.2, 0) is 9.47 Å². The maximum Gasteiger partial charge on any atom is 0.0897 e. The number of aliphatic hydroxyl groups is 1. The molecule has 1 aromatic carbocycles. The summed E-state index contributed by atoms with van der Waals surface area (Å²) >= 11 is 0. The van der Waals surface area contributed by atoms with Crippen LogP contribution in [0, 0.1) is 5.92 Å². The average Bonchev–Trinajstić information content (AvgIpc) is 2.54. The molecular weight excluding hydrogens is 266 g/mol. The van der Waals surface area contributed by atoms with Crippen LogP contribution in [0.1, 0.15) is 31.4 Å². The summed E-state index contributed by atoms with van der Waals surface area (Å²) < 4.78 is 11.1. The molecule has 2 unspecified atom stereocenters. The number of ether oxygens (including phenoxy) is 2. The van der Waals surface area contributed by atoms with Gasteiger partial charge in [0.25, 0.3) is 0 Å². The van der Waals surface area contributed by atoms with Crippen molar-refractivity contribution in [3.8, 4) is 0 Å². The standard InChI is InChI=1S/C17H27NO3/c1-14(16-5-3-2-4-6-16)21-13-17(19)12-18-11-15-7-9-20-10-8-15/h2-6,14-15,17-19H,7-13H2,1H3. The fourth-order valence-corrected chi connectivity index (χ4v) is 2.54. The van der Waals surface area contributed by atoms with Crippen molar-refractivity contribution in [1.82, 2.24) is 5.32 Å². The predicted octanol–water partition coefficient (Wildman–Crippen LogP) is 2.14. The second kappa shape index (κ2) is 9.15. The minimum atomic E-state index is -0.462. The van der Waals surface area contributed by atoms with Crippen LogP contribution in [0.3, 0.4) is 0 Å².